The zero-order valence-corrected chi connectivity index (χ0v) is 11.1. The van der Waals surface area contributed by atoms with E-state index in [0.717, 1.165) is 18.5 Å². The first kappa shape index (κ1) is 12.4. The Hall–Kier alpha value is -0.0800. The van der Waals surface area contributed by atoms with Gasteiger partial charge in [-0.3, -0.25) is 0 Å². The summed E-state index contributed by atoms with van der Waals surface area (Å²) >= 11 is 0. The van der Waals surface area contributed by atoms with Crippen molar-refractivity contribution >= 4 is 0 Å². The molecule has 0 spiro atoms. The average Bonchev–Trinajstić information content (AvgIpc) is 2.58. The van der Waals surface area contributed by atoms with Crippen molar-refractivity contribution in [1.29, 1.82) is 0 Å². The molecule has 1 N–H and O–H groups in total. The fourth-order valence-electron chi connectivity index (χ4n) is 2.98. The molecule has 2 aliphatic rings. The summed E-state index contributed by atoms with van der Waals surface area (Å²) in [4.78, 5) is 0. The second kappa shape index (κ2) is 5.05. The SMILES string of the molecule is CC1CCC(NCC2CCC(C)(C)O2)CC1. The van der Waals surface area contributed by atoms with Gasteiger partial charge < -0.3 is 10.1 Å². The number of nitrogens with one attached hydrogen (secondary N) is 1. The van der Waals surface area contributed by atoms with Crippen LogP contribution < -0.4 is 5.32 Å². The zero-order chi connectivity index (χ0) is 11.6. The van der Waals surface area contributed by atoms with E-state index in [1.54, 1.807) is 0 Å². The van der Waals surface area contributed by atoms with Gasteiger partial charge in [-0.2, -0.15) is 0 Å². The van der Waals surface area contributed by atoms with Crippen LogP contribution in [0.3, 0.4) is 0 Å². The molecule has 1 heterocycles. The first-order valence-electron chi connectivity index (χ1n) is 6.96. The minimum absolute atomic E-state index is 0.118. The van der Waals surface area contributed by atoms with Crippen LogP contribution in [0.2, 0.25) is 0 Å². The van der Waals surface area contributed by atoms with E-state index in [4.69, 9.17) is 4.74 Å². The minimum atomic E-state index is 0.118. The van der Waals surface area contributed by atoms with Gasteiger partial charge in [-0.15, -0.1) is 0 Å². The Morgan fingerprint density at radius 1 is 1.12 bits per heavy atom. The van der Waals surface area contributed by atoms with Crippen molar-refractivity contribution in [2.45, 2.75) is 77.0 Å². The van der Waals surface area contributed by atoms with Crippen molar-refractivity contribution < 1.29 is 4.74 Å². The molecular formula is C14H27NO. The maximum Gasteiger partial charge on any atom is 0.0707 e. The molecule has 2 nitrogen and oxygen atoms in total. The number of rotatable bonds is 3. The van der Waals surface area contributed by atoms with Gasteiger partial charge in [-0.1, -0.05) is 6.92 Å². The standard InChI is InChI=1S/C14H27NO/c1-11-4-6-12(7-5-11)15-10-13-8-9-14(2,3)16-13/h11-13,15H,4-10H2,1-3H3. The van der Waals surface area contributed by atoms with E-state index in [1.807, 2.05) is 0 Å². The molecule has 0 aromatic rings. The van der Waals surface area contributed by atoms with Crippen molar-refractivity contribution in [2.24, 2.45) is 5.92 Å². The molecule has 2 heteroatoms. The van der Waals surface area contributed by atoms with Crippen LogP contribution in [0.25, 0.3) is 0 Å². The normalized spacial score (nSPS) is 38.8. The molecular weight excluding hydrogens is 198 g/mol. The van der Waals surface area contributed by atoms with Crippen LogP contribution in [0.1, 0.15) is 59.3 Å². The van der Waals surface area contributed by atoms with Gasteiger partial charge in [0.15, 0.2) is 0 Å². The van der Waals surface area contributed by atoms with Gasteiger partial charge in [-0.25, -0.2) is 0 Å². The molecule has 1 unspecified atom stereocenters. The van der Waals surface area contributed by atoms with E-state index in [2.05, 4.69) is 26.1 Å². The van der Waals surface area contributed by atoms with Gasteiger partial charge in [0.1, 0.15) is 0 Å². The van der Waals surface area contributed by atoms with E-state index in [1.165, 1.54) is 38.5 Å². The topological polar surface area (TPSA) is 21.3 Å². The third kappa shape index (κ3) is 3.46. The summed E-state index contributed by atoms with van der Waals surface area (Å²) in [6.07, 6.45) is 8.40. The maximum atomic E-state index is 6.00. The summed E-state index contributed by atoms with van der Waals surface area (Å²) < 4.78 is 6.00. The molecule has 2 rings (SSSR count). The first-order chi connectivity index (χ1) is 7.55. The predicted octanol–water partition coefficient (Wildman–Crippen LogP) is 3.11. The van der Waals surface area contributed by atoms with Gasteiger partial charge in [0.25, 0.3) is 0 Å². The molecule has 0 aromatic heterocycles. The lowest BCUT2D eigenvalue weighted by Crippen LogP contribution is -2.38. The molecule has 94 valence electrons. The number of hydrogen-bond acceptors (Lipinski definition) is 2. The monoisotopic (exact) mass is 225 g/mol. The van der Waals surface area contributed by atoms with Crippen molar-refractivity contribution in [3.8, 4) is 0 Å². The maximum absolute atomic E-state index is 6.00. The second-order valence-corrected chi connectivity index (χ2v) is 6.40. The van der Waals surface area contributed by atoms with Crippen molar-refractivity contribution in [3.05, 3.63) is 0 Å². The summed E-state index contributed by atoms with van der Waals surface area (Å²) in [6.45, 7) is 7.84. The highest BCUT2D eigenvalue weighted by molar-refractivity contribution is 4.83. The largest absolute Gasteiger partial charge is 0.371 e. The molecule has 1 aliphatic heterocycles. The molecule has 1 saturated heterocycles. The number of hydrogen-bond donors (Lipinski definition) is 1. The molecule has 0 amide bonds. The van der Waals surface area contributed by atoms with Crippen molar-refractivity contribution in [1.82, 2.24) is 5.32 Å². The highest BCUT2D eigenvalue weighted by atomic mass is 16.5. The van der Waals surface area contributed by atoms with Gasteiger partial charge in [-0.05, 0) is 58.3 Å². The molecule has 0 aromatic carbocycles. The fourth-order valence-corrected chi connectivity index (χ4v) is 2.98. The average molecular weight is 225 g/mol. The fraction of sp³-hybridized carbons (Fsp3) is 1.00. The highest BCUT2D eigenvalue weighted by Crippen LogP contribution is 2.29. The Morgan fingerprint density at radius 2 is 1.81 bits per heavy atom. The lowest BCUT2D eigenvalue weighted by molar-refractivity contribution is -0.0156. The van der Waals surface area contributed by atoms with Gasteiger partial charge in [0.2, 0.25) is 0 Å². The summed E-state index contributed by atoms with van der Waals surface area (Å²) in [5.41, 5.74) is 0.118. The quantitative estimate of drug-likeness (QED) is 0.797. The predicted molar refractivity (Wildman–Crippen MR) is 67.6 cm³/mol. The van der Waals surface area contributed by atoms with E-state index in [0.29, 0.717) is 6.10 Å². The Morgan fingerprint density at radius 3 is 2.38 bits per heavy atom. The molecule has 1 saturated carbocycles. The third-order valence-electron chi connectivity index (χ3n) is 4.20. The molecule has 0 radical (unpaired) electrons. The van der Waals surface area contributed by atoms with Crippen LogP contribution in [0.15, 0.2) is 0 Å². The molecule has 0 bridgehead atoms. The van der Waals surface area contributed by atoms with Crippen LogP contribution in [-0.2, 0) is 4.74 Å². The summed E-state index contributed by atoms with van der Waals surface area (Å²) in [5.74, 6) is 0.944. The molecule has 1 atom stereocenters. The Balaban J connectivity index is 1.65. The molecule has 16 heavy (non-hydrogen) atoms. The Kier molecular flexibility index (Phi) is 3.91. The molecule has 1 aliphatic carbocycles. The Labute approximate surface area is 100 Å². The second-order valence-electron chi connectivity index (χ2n) is 6.40. The van der Waals surface area contributed by atoms with Crippen LogP contribution in [0, 0.1) is 5.92 Å². The third-order valence-corrected chi connectivity index (χ3v) is 4.20. The van der Waals surface area contributed by atoms with Gasteiger partial charge >= 0.3 is 0 Å². The van der Waals surface area contributed by atoms with Crippen molar-refractivity contribution in [3.63, 3.8) is 0 Å². The summed E-state index contributed by atoms with van der Waals surface area (Å²) in [6, 6.07) is 0.753. The Bertz CT molecular complexity index is 219. The van der Waals surface area contributed by atoms with E-state index < -0.39 is 0 Å². The smallest absolute Gasteiger partial charge is 0.0707 e. The van der Waals surface area contributed by atoms with Crippen LogP contribution >= 0.6 is 0 Å². The summed E-state index contributed by atoms with van der Waals surface area (Å²) in [5, 5.41) is 3.70. The van der Waals surface area contributed by atoms with Crippen LogP contribution in [0.4, 0.5) is 0 Å². The number of ether oxygens (including phenoxy) is 1. The van der Waals surface area contributed by atoms with E-state index in [9.17, 15) is 0 Å². The lowest BCUT2D eigenvalue weighted by atomic mass is 9.87. The van der Waals surface area contributed by atoms with Gasteiger partial charge in [0, 0.05) is 12.6 Å². The van der Waals surface area contributed by atoms with E-state index in [-0.39, 0.29) is 5.60 Å². The lowest BCUT2D eigenvalue weighted by Gasteiger charge is -2.28. The van der Waals surface area contributed by atoms with E-state index >= 15 is 0 Å². The van der Waals surface area contributed by atoms with Gasteiger partial charge in [0.05, 0.1) is 11.7 Å². The zero-order valence-electron chi connectivity index (χ0n) is 11.1. The van der Waals surface area contributed by atoms with Crippen LogP contribution in [0.5, 0.6) is 0 Å². The highest BCUT2D eigenvalue weighted by Gasteiger charge is 2.31. The van der Waals surface area contributed by atoms with Crippen molar-refractivity contribution in [2.75, 3.05) is 6.54 Å². The minimum Gasteiger partial charge on any atom is -0.371 e. The summed E-state index contributed by atoms with van der Waals surface area (Å²) in [7, 11) is 0. The first-order valence-corrected chi connectivity index (χ1v) is 6.96. The van der Waals surface area contributed by atoms with Crippen LogP contribution in [-0.4, -0.2) is 24.3 Å². The molecule has 2 fully saturated rings.